The van der Waals surface area contributed by atoms with Gasteiger partial charge in [-0.25, -0.2) is 0 Å². The van der Waals surface area contributed by atoms with Gasteiger partial charge in [-0.2, -0.15) is 0 Å². The molecule has 66 valence electrons. The van der Waals surface area contributed by atoms with Crippen molar-refractivity contribution < 1.29 is 0 Å². The van der Waals surface area contributed by atoms with Crippen LogP contribution in [0.15, 0.2) is 0 Å². The summed E-state index contributed by atoms with van der Waals surface area (Å²) in [5.41, 5.74) is 0.490. The van der Waals surface area contributed by atoms with E-state index < -0.39 is 0 Å². The minimum atomic E-state index is 0.490. The summed E-state index contributed by atoms with van der Waals surface area (Å²) in [5.74, 6) is 0.882. The predicted molar refractivity (Wildman–Crippen MR) is 49.6 cm³/mol. The standard InChI is InChI=1S/C10H21N/c1-5-9-8(6-7-11-9)10(2,3)4/h8-9,11H,5-7H2,1-4H3. The molecule has 0 aromatic carbocycles. The quantitative estimate of drug-likeness (QED) is 0.613. The third-order valence-electron chi connectivity index (χ3n) is 2.90. The highest BCUT2D eigenvalue weighted by Crippen LogP contribution is 2.35. The fraction of sp³-hybridized carbons (Fsp3) is 1.00. The second-order valence-corrected chi connectivity index (χ2v) is 4.73. The maximum atomic E-state index is 3.56. The van der Waals surface area contributed by atoms with E-state index in [9.17, 15) is 0 Å². The lowest BCUT2D eigenvalue weighted by molar-refractivity contribution is 0.214. The lowest BCUT2D eigenvalue weighted by atomic mass is 9.76. The van der Waals surface area contributed by atoms with Gasteiger partial charge >= 0.3 is 0 Å². The van der Waals surface area contributed by atoms with Crippen LogP contribution in [0.4, 0.5) is 0 Å². The highest BCUT2D eigenvalue weighted by atomic mass is 15.0. The summed E-state index contributed by atoms with van der Waals surface area (Å²) in [4.78, 5) is 0. The number of hydrogen-bond donors (Lipinski definition) is 1. The molecule has 1 aliphatic rings. The average Bonchev–Trinajstić information content (AvgIpc) is 2.31. The van der Waals surface area contributed by atoms with Crippen LogP contribution in [-0.4, -0.2) is 12.6 Å². The first-order valence-corrected chi connectivity index (χ1v) is 4.79. The normalized spacial score (nSPS) is 32.7. The molecule has 1 N–H and O–H groups in total. The Bertz CT molecular complexity index is 123. The summed E-state index contributed by atoms with van der Waals surface area (Å²) in [6, 6.07) is 0.773. The summed E-state index contributed by atoms with van der Waals surface area (Å²) in [6.07, 6.45) is 2.64. The molecule has 1 heterocycles. The van der Waals surface area contributed by atoms with Crippen LogP contribution < -0.4 is 5.32 Å². The molecule has 0 bridgehead atoms. The Morgan fingerprint density at radius 2 is 2.00 bits per heavy atom. The number of hydrogen-bond acceptors (Lipinski definition) is 1. The Morgan fingerprint density at radius 3 is 2.36 bits per heavy atom. The topological polar surface area (TPSA) is 12.0 Å². The van der Waals surface area contributed by atoms with Crippen molar-refractivity contribution in [2.45, 2.75) is 46.6 Å². The van der Waals surface area contributed by atoms with Gasteiger partial charge < -0.3 is 5.32 Å². The molecule has 0 aromatic rings. The number of nitrogens with one attached hydrogen (secondary N) is 1. The fourth-order valence-corrected chi connectivity index (χ4v) is 2.23. The molecular formula is C10H21N. The van der Waals surface area contributed by atoms with Crippen molar-refractivity contribution >= 4 is 0 Å². The van der Waals surface area contributed by atoms with E-state index >= 15 is 0 Å². The van der Waals surface area contributed by atoms with Gasteiger partial charge in [0.15, 0.2) is 0 Å². The molecule has 0 spiro atoms. The average molecular weight is 155 g/mol. The van der Waals surface area contributed by atoms with Crippen LogP contribution in [-0.2, 0) is 0 Å². The first-order valence-electron chi connectivity index (χ1n) is 4.79. The lowest BCUT2D eigenvalue weighted by Crippen LogP contribution is -2.33. The SMILES string of the molecule is CCC1NCCC1C(C)(C)C. The predicted octanol–water partition coefficient (Wildman–Crippen LogP) is 2.42. The monoisotopic (exact) mass is 155 g/mol. The van der Waals surface area contributed by atoms with Crippen molar-refractivity contribution in [3.8, 4) is 0 Å². The second-order valence-electron chi connectivity index (χ2n) is 4.73. The van der Waals surface area contributed by atoms with E-state index in [2.05, 4.69) is 33.0 Å². The summed E-state index contributed by atoms with van der Waals surface area (Å²) >= 11 is 0. The Kier molecular flexibility index (Phi) is 2.58. The highest BCUT2D eigenvalue weighted by molar-refractivity contribution is 4.89. The van der Waals surface area contributed by atoms with Crippen molar-refractivity contribution in [1.82, 2.24) is 5.32 Å². The molecule has 1 aliphatic heterocycles. The third-order valence-corrected chi connectivity index (χ3v) is 2.90. The van der Waals surface area contributed by atoms with E-state index in [4.69, 9.17) is 0 Å². The molecule has 0 amide bonds. The molecule has 0 saturated carbocycles. The van der Waals surface area contributed by atoms with Gasteiger partial charge in [-0.1, -0.05) is 27.7 Å². The van der Waals surface area contributed by atoms with E-state index in [1.807, 2.05) is 0 Å². The van der Waals surface area contributed by atoms with Gasteiger partial charge in [0.1, 0.15) is 0 Å². The van der Waals surface area contributed by atoms with Crippen LogP contribution >= 0.6 is 0 Å². The van der Waals surface area contributed by atoms with Gasteiger partial charge in [0.2, 0.25) is 0 Å². The molecule has 1 fully saturated rings. The Hall–Kier alpha value is -0.0400. The van der Waals surface area contributed by atoms with Crippen LogP contribution in [0.1, 0.15) is 40.5 Å². The zero-order valence-electron chi connectivity index (χ0n) is 8.28. The van der Waals surface area contributed by atoms with Crippen molar-refractivity contribution in [2.24, 2.45) is 11.3 Å². The maximum absolute atomic E-state index is 3.56. The molecule has 0 aromatic heterocycles. The molecule has 2 atom stereocenters. The van der Waals surface area contributed by atoms with E-state index in [1.54, 1.807) is 0 Å². The zero-order chi connectivity index (χ0) is 8.48. The Balaban J connectivity index is 2.57. The molecule has 1 nitrogen and oxygen atoms in total. The Morgan fingerprint density at radius 1 is 1.36 bits per heavy atom. The van der Waals surface area contributed by atoms with Crippen molar-refractivity contribution in [1.29, 1.82) is 0 Å². The molecule has 11 heavy (non-hydrogen) atoms. The van der Waals surface area contributed by atoms with Crippen LogP contribution in [0.25, 0.3) is 0 Å². The van der Waals surface area contributed by atoms with Gasteiger partial charge in [-0.15, -0.1) is 0 Å². The summed E-state index contributed by atoms with van der Waals surface area (Å²) in [6.45, 7) is 10.6. The molecular weight excluding hydrogens is 134 g/mol. The van der Waals surface area contributed by atoms with Crippen LogP contribution in [0.5, 0.6) is 0 Å². The molecule has 0 aliphatic carbocycles. The zero-order valence-corrected chi connectivity index (χ0v) is 8.28. The molecule has 0 radical (unpaired) electrons. The van der Waals surface area contributed by atoms with Gasteiger partial charge in [-0.05, 0) is 30.7 Å². The minimum absolute atomic E-state index is 0.490. The first kappa shape index (κ1) is 9.05. The Labute approximate surface area is 70.6 Å². The van der Waals surface area contributed by atoms with E-state index in [-0.39, 0.29) is 0 Å². The molecule has 2 unspecified atom stereocenters. The third kappa shape index (κ3) is 1.96. The van der Waals surface area contributed by atoms with Crippen LogP contribution in [0, 0.1) is 11.3 Å². The van der Waals surface area contributed by atoms with Crippen LogP contribution in [0.3, 0.4) is 0 Å². The first-order chi connectivity index (χ1) is 5.05. The summed E-state index contributed by atoms with van der Waals surface area (Å²) < 4.78 is 0. The van der Waals surface area contributed by atoms with Crippen LogP contribution in [0.2, 0.25) is 0 Å². The summed E-state index contributed by atoms with van der Waals surface area (Å²) in [7, 11) is 0. The van der Waals surface area contributed by atoms with E-state index in [0.717, 1.165) is 12.0 Å². The minimum Gasteiger partial charge on any atom is -0.314 e. The van der Waals surface area contributed by atoms with Gasteiger partial charge in [-0.3, -0.25) is 0 Å². The molecule has 1 heteroatoms. The van der Waals surface area contributed by atoms with Gasteiger partial charge in [0.05, 0.1) is 0 Å². The number of rotatable bonds is 1. The highest BCUT2D eigenvalue weighted by Gasteiger charge is 2.34. The smallest absolute Gasteiger partial charge is 0.00981 e. The fourth-order valence-electron chi connectivity index (χ4n) is 2.23. The van der Waals surface area contributed by atoms with Crippen molar-refractivity contribution in [2.75, 3.05) is 6.54 Å². The van der Waals surface area contributed by atoms with Crippen molar-refractivity contribution in [3.63, 3.8) is 0 Å². The van der Waals surface area contributed by atoms with Gasteiger partial charge in [0, 0.05) is 6.04 Å². The van der Waals surface area contributed by atoms with Crippen molar-refractivity contribution in [3.05, 3.63) is 0 Å². The van der Waals surface area contributed by atoms with E-state index in [0.29, 0.717) is 5.41 Å². The van der Waals surface area contributed by atoms with E-state index in [1.165, 1.54) is 19.4 Å². The lowest BCUT2D eigenvalue weighted by Gasteiger charge is -2.31. The molecule has 1 saturated heterocycles. The summed E-state index contributed by atoms with van der Waals surface area (Å²) in [5, 5.41) is 3.56. The largest absolute Gasteiger partial charge is 0.314 e. The van der Waals surface area contributed by atoms with Gasteiger partial charge in [0.25, 0.3) is 0 Å². The molecule has 1 rings (SSSR count). The maximum Gasteiger partial charge on any atom is 0.00981 e. The second kappa shape index (κ2) is 3.14.